The van der Waals surface area contributed by atoms with Crippen LogP contribution in [0.1, 0.15) is 32.3 Å². The SMILES string of the molecule is CCCCSCC(N)(C(=O)OCC)c1ccccc1. The van der Waals surface area contributed by atoms with E-state index in [0.717, 1.165) is 24.2 Å². The second kappa shape index (κ2) is 8.23. The van der Waals surface area contributed by atoms with E-state index in [1.807, 2.05) is 30.3 Å². The van der Waals surface area contributed by atoms with Gasteiger partial charge in [-0.05, 0) is 24.7 Å². The van der Waals surface area contributed by atoms with Crippen molar-refractivity contribution in [3.63, 3.8) is 0 Å². The van der Waals surface area contributed by atoms with Gasteiger partial charge in [0.05, 0.1) is 6.61 Å². The Balaban J connectivity index is 2.81. The number of benzene rings is 1. The van der Waals surface area contributed by atoms with E-state index in [4.69, 9.17) is 10.5 Å². The highest BCUT2D eigenvalue weighted by Crippen LogP contribution is 2.25. The third-order valence-corrected chi connectivity index (χ3v) is 4.14. The Morgan fingerprint density at radius 2 is 2.00 bits per heavy atom. The minimum Gasteiger partial charge on any atom is -0.464 e. The fraction of sp³-hybridized carbons (Fsp3) is 0.533. The van der Waals surface area contributed by atoms with E-state index < -0.39 is 5.54 Å². The summed E-state index contributed by atoms with van der Waals surface area (Å²) < 4.78 is 5.14. The van der Waals surface area contributed by atoms with Gasteiger partial charge in [-0.25, -0.2) is 4.79 Å². The predicted octanol–water partition coefficient (Wildman–Crippen LogP) is 2.94. The minimum atomic E-state index is -1.05. The third kappa shape index (κ3) is 4.55. The molecule has 4 heteroatoms. The maximum absolute atomic E-state index is 12.2. The topological polar surface area (TPSA) is 52.3 Å². The van der Waals surface area contributed by atoms with Crippen molar-refractivity contribution in [3.8, 4) is 0 Å². The van der Waals surface area contributed by atoms with Crippen LogP contribution in [-0.4, -0.2) is 24.1 Å². The van der Waals surface area contributed by atoms with Gasteiger partial charge in [0.1, 0.15) is 5.54 Å². The monoisotopic (exact) mass is 281 g/mol. The number of thioether (sulfide) groups is 1. The van der Waals surface area contributed by atoms with Crippen LogP contribution in [0.4, 0.5) is 0 Å². The smallest absolute Gasteiger partial charge is 0.331 e. The van der Waals surface area contributed by atoms with E-state index in [1.165, 1.54) is 0 Å². The lowest BCUT2D eigenvalue weighted by molar-refractivity contribution is -0.149. The zero-order valence-electron chi connectivity index (χ0n) is 11.7. The molecule has 2 N–H and O–H groups in total. The van der Waals surface area contributed by atoms with Crippen LogP contribution >= 0.6 is 11.8 Å². The van der Waals surface area contributed by atoms with E-state index in [9.17, 15) is 4.79 Å². The maximum atomic E-state index is 12.2. The molecule has 0 spiro atoms. The third-order valence-electron chi connectivity index (χ3n) is 2.90. The molecule has 106 valence electrons. The van der Waals surface area contributed by atoms with Gasteiger partial charge in [0.25, 0.3) is 0 Å². The first kappa shape index (κ1) is 16.1. The highest BCUT2D eigenvalue weighted by molar-refractivity contribution is 7.99. The Morgan fingerprint density at radius 1 is 1.32 bits per heavy atom. The van der Waals surface area contributed by atoms with E-state index in [0.29, 0.717) is 12.4 Å². The number of unbranched alkanes of at least 4 members (excludes halogenated alkanes) is 1. The van der Waals surface area contributed by atoms with Crippen molar-refractivity contribution < 1.29 is 9.53 Å². The van der Waals surface area contributed by atoms with Gasteiger partial charge in [-0.15, -0.1) is 0 Å². The zero-order valence-corrected chi connectivity index (χ0v) is 12.5. The highest BCUT2D eigenvalue weighted by Gasteiger charge is 2.37. The van der Waals surface area contributed by atoms with Crippen molar-refractivity contribution in [2.75, 3.05) is 18.1 Å². The van der Waals surface area contributed by atoms with Crippen LogP contribution < -0.4 is 5.73 Å². The van der Waals surface area contributed by atoms with Gasteiger partial charge in [0, 0.05) is 5.75 Å². The number of ether oxygens (including phenoxy) is 1. The molecule has 1 aromatic carbocycles. The lowest BCUT2D eigenvalue weighted by Gasteiger charge is -2.27. The lowest BCUT2D eigenvalue weighted by atomic mass is 9.93. The molecule has 0 aliphatic rings. The van der Waals surface area contributed by atoms with Crippen molar-refractivity contribution in [1.82, 2.24) is 0 Å². The first-order valence-electron chi connectivity index (χ1n) is 6.74. The highest BCUT2D eigenvalue weighted by atomic mass is 32.2. The second-order valence-electron chi connectivity index (χ2n) is 4.46. The van der Waals surface area contributed by atoms with Gasteiger partial charge in [0.2, 0.25) is 0 Å². The molecule has 1 unspecified atom stereocenters. The van der Waals surface area contributed by atoms with Gasteiger partial charge in [-0.1, -0.05) is 43.7 Å². The van der Waals surface area contributed by atoms with Crippen LogP contribution in [-0.2, 0) is 15.1 Å². The van der Waals surface area contributed by atoms with Crippen LogP contribution in [0.15, 0.2) is 30.3 Å². The number of rotatable bonds is 8. The lowest BCUT2D eigenvalue weighted by Crippen LogP contribution is -2.48. The van der Waals surface area contributed by atoms with Gasteiger partial charge in [0.15, 0.2) is 0 Å². The van der Waals surface area contributed by atoms with Crippen LogP contribution in [0, 0.1) is 0 Å². The Kier molecular flexibility index (Phi) is 6.95. The van der Waals surface area contributed by atoms with Crippen LogP contribution in [0.2, 0.25) is 0 Å². The van der Waals surface area contributed by atoms with E-state index in [-0.39, 0.29) is 5.97 Å². The first-order valence-corrected chi connectivity index (χ1v) is 7.90. The van der Waals surface area contributed by atoms with Crippen LogP contribution in [0.3, 0.4) is 0 Å². The Bertz CT molecular complexity index is 383. The van der Waals surface area contributed by atoms with Gasteiger partial charge >= 0.3 is 5.97 Å². The number of hydrogen-bond donors (Lipinski definition) is 1. The molecule has 0 aliphatic carbocycles. The molecular weight excluding hydrogens is 258 g/mol. The molecule has 0 amide bonds. The van der Waals surface area contributed by atoms with E-state index in [2.05, 4.69) is 6.92 Å². The van der Waals surface area contributed by atoms with Gasteiger partial charge in [-0.2, -0.15) is 11.8 Å². The van der Waals surface area contributed by atoms with Gasteiger partial charge < -0.3 is 10.5 Å². The molecule has 0 heterocycles. The fourth-order valence-corrected chi connectivity index (χ4v) is 2.98. The molecule has 0 bridgehead atoms. The number of carbonyl (C=O) groups is 1. The van der Waals surface area contributed by atoms with Crippen molar-refractivity contribution in [1.29, 1.82) is 0 Å². The Labute approximate surface area is 119 Å². The van der Waals surface area contributed by atoms with Crippen molar-refractivity contribution in [2.45, 2.75) is 32.2 Å². The van der Waals surface area contributed by atoms with Crippen molar-refractivity contribution in [3.05, 3.63) is 35.9 Å². The molecule has 0 aromatic heterocycles. The Hall–Kier alpha value is -1.00. The standard InChI is InChI=1S/C15H23NO2S/c1-3-5-11-19-12-15(16,14(17)18-4-2)13-9-7-6-8-10-13/h6-10H,3-5,11-12,16H2,1-2H3. The normalized spacial score (nSPS) is 13.8. The summed E-state index contributed by atoms with van der Waals surface area (Å²) in [6.07, 6.45) is 2.29. The van der Waals surface area contributed by atoms with Crippen LogP contribution in [0.25, 0.3) is 0 Å². The molecule has 1 atom stereocenters. The zero-order chi connectivity index (χ0) is 14.1. The quantitative estimate of drug-likeness (QED) is 0.588. The summed E-state index contributed by atoms with van der Waals surface area (Å²) in [6.45, 7) is 4.30. The minimum absolute atomic E-state index is 0.342. The molecular formula is C15H23NO2S. The summed E-state index contributed by atoms with van der Waals surface area (Å²) in [5.41, 5.74) is 6.11. The number of esters is 1. The summed E-state index contributed by atoms with van der Waals surface area (Å²) >= 11 is 1.71. The molecule has 3 nitrogen and oxygen atoms in total. The summed E-state index contributed by atoms with van der Waals surface area (Å²) in [5, 5.41) is 0. The fourth-order valence-electron chi connectivity index (χ4n) is 1.74. The van der Waals surface area contributed by atoms with E-state index >= 15 is 0 Å². The number of carbonyl (C=O) groups excluding carboxylic acids is 1. The summed E-state index contributed by atoms with van der Waals surface area (Å²) in [6, 6.07) is 9.48. The number of hydrogen-bond acceptors (Lipinski definition) is 4. The van der Waals surface area contributed by atoms with Crippen molar-refractivity contribution in [2.24, 2.45) is 5.73 Å². The average molecular weight is 281 g/mol. The van der Waals surface area contributed by atoms with Crippen LogP contribution in [0.5, 0.6) is 0 Å². The average Bonchev–Trinajstić information content (AvgIpc) is 2.44. The molecule has 0 saturated carbocycles. The molecule has 19 heavy (non-hydrogen) atoms. The summed E-state index contributed by atoms with van der Waals surface area (Å²) in [5.74, 6) is 1.22. The van der Waals surface area contributed by atoms with Crippen molar-refractivity contribution >= 4 is 17.7 Å². The molecule has 0 radical (unpaired) electrons. The predicted molar refractivity (Wildman–Crippen MR) is 81.2 cm³/mol. The Morgan fingerprint density at radius 3 is 2.58 bits per heavy atom. The molecule has 0 saturated heterocycles. The second-order valence-corrected chi connectivity index (χ2v) is 5.57. The first-order chi connectivity index (χ1) is 9.15. The molecule has 0 fully saturated rings. The number of nitrogens with two attached hydrogens (primary N) is 1. The van der Waals surface area contributed by atoms with Gasteiger partial charge in [-0.3, -0.25) is 0 Å². The largest absolute Gasteiger partial charge is 0.464 e. The molecule has 1 aromatic rings. The molecule has 1 rings (SSSR count). The summed E-state index contributed by atoms with van der Waals surface area (Å²) in [7, 11) is 0. The molecule has 0 aliphatic heterocycles. The van der Waals surface area contributed by atoms with E-state index in [1.54, 1.807) is 18.7 Å². The summed E-state index contributed by atoms with van der Waals surface area (Å²) in [4.78, 5) is 12.2. The maximum Gasteiger partial charge on any atom is 0.331 e.